The summed E-state index contributed by atoms with van der Waals surface area (Å²) in [6.45, 7) is -0.270. The minimum Gasteiger partial charge on any atom is -0.497 e. The highest BCUT2D eigenvalue weighted by Gasteiger charge is 2.10. The summed E-state index contributed by atoms with van der Waals surface area (Å²) in [5.74, 6) is -0.120. The van der Waals surface area contributed by atoms with E-state index in [1.807, 2.05) is 0 Å². The molecule has 3 N–H and O–H groups in total. The van der Waals surface area contributed by atoms with E-state index in [9.17, 15) is 18.0 Å². The molecule has 0 saturated carbocycles. The van der Waals surface area contributed by atoms with Gasteiger partial charge in [0.15, 0.2) is 0 Å². The first-order valence-corrected chi connectivity index (χ1v) is 9.68. The normalized spacial score (nSPS) is 10.8. The molecular weight excluding hydrogens is 388 g/mol. The number of carbonyl (C=O) groups is 2. The molecule has 0 heterocycles. The quantitative estimate of drug-likeness (QED) is 0.461. The first kappa shape index (κ1) is 21.2. The van der Waals surface area contributed by atoms with E-state index in [1.165, 1.54) is 31.4 Å². The number of nitrogens with one attached hydrogen (secondary N) is 1. The SMILES string of the molecule is COc1cccc(C(=O)NCC(=O)OCCOc2ccc(S(N)(=O)=O)cc2)c1. The molecule has 0 unspecified atom stereocenters. The van der Waals surface area contributed by atoms with Crippen LogP contribution in [0.5, 0.6) is 11.5 Å². The van der Waals surface area contributed by atoms with Gasteiger partial charge in [-0.05, 0) is 42.5 Å². The molecule has 10 heteroatoms. The molecule has 0 radical (unpaired) electrons. The van der Waals surface area contributed by atoms with Gasteiger partial charge in [-0.25, -0.2) is 13.6 Å². The largest absolute Gasteiger partial charge is 0.497 e. The number of hydrogen-bond donors (Lipinski definition) is 2. The predicted octanol–water partition coefficient (Wildman–Crippen LogP) is 0.695. The minimum atomic E-state index is -3.76. The molecule has 0 aliphatic rings. The number of nitrogens with two attached hydrogens (primary N) is 1. The summed E-state index contributed by atoms with van der Waals surface area (Å²) in [4.78, 5) is 23.6. The van der Waals surface area contributed by atoms with Crippen LogP contribution in [0, 0.1) is 0 Å². The average molecular weight is 408 g/mol. The highest BCUT2D eigenvalue weighted by Crippen LogP contribution is 2.14. The number of benzene rings is 2. The molecule has 0 bridgehead atoms. The van der Waals surface area contributed by atoms with Crippen LogP contribution in [0.15, 0.2) is 53.4 Å². The van der Waals surface area contributed by atoms with Gasteiger partial charge in [-0.3, -0.25) is 9.59 Å². The summed E-state index contributed by atoms with van der Waals surface area (Å²) in [6.07, 6.45) is 0. The lowest BCUT2D eigenvalue weighted by molar-refractivity contribution is -0.143. The van der Waals surface area contributed by atoms with Crippen LogP contribution in [0.25, 0.3) is 0 Å². The number of methoxy groups -OCH3 is 1. The van der Waals surface area contributed by atoms with E-state index in [2.05, 4.69) is 5.32 Å². The lowest BCUT2D eigenvalue weighted by atomic mass is 10.2. The summed E-state index contributed by atoms with van der Waals surface area (Å²) < 4.78 is 37.6. The van der Waals surface area contributed by atoms with Gasteiger partial charge in [-0.15, -0.1) is 0 Å². The topological polar surface area (TPSA) is 134 Å². The number of carbonyl (C=O) groups excluding carboxylic acids is 2. The van der Waals surface area contributed by atoms with Crippen molar-refractivity contribution in [2.45, 2.75) is 4.90 Å². The monoisotopic (exact) mass is 408 g/mol. The van der Waals surface area contributed by atoms with Crippen molar-refractivity contribution in [2.24, 2.45) is 5.14 Å². The summed E-state index contributed by atoms with van der Waals surface area (Å²) in [5.41, 5.74) is 0.360. The number of esters is 1. The number of rotatable bonds is 9. The van der Waals surface area contributed by atoms with Crippen LogP contribution < -0.4 is 19.9 Å². The van der Waals surface area contributed by atoms with Crippen LogP contribution in [0.1, 0.15) is 10.4 Å². The Morgan fingerprint density at radius 2 is 1.75 bits per heavy atom. The molecule has 0 aromatic heterocycles. The van der Waals surface area contributed by atoms with Gasteiger partial charge in [-0.2, -0.15) is 0 Å². The Balaban J connectivity index is 1.69. The van der Waals surface area contributed by atoms with Crippen molar-refractivity contribution in [1.82, 2.24) is 5.32 Å². The Kier molecular flexibility index (Phi) is 7.36. The standard InChI is InChI=1S/C18H20N2O7S/c1-25-15-4-2-3-13(11-15)18(22)20-12-17(21)27-10-9-26-14-5-7-16(8-6-14)28(19,23)24/h2-8,11H,9-10,12H2,1H3,(H,20,22)(H2,19,23,24). The third-order valence-corrected chi connectivity index (χ3v) is 4.42. The highest BCUT2D eigenvalue weighted by atomic mass is 32.2. The fraction of sp³-hybridized carbons (Fsp3) is 0.222. The molecule has 1 amide bonds. The van der Waals surface area contributed by atoms with Crippen LogP contribution in [0.2, 0.25) is 0 Å². The van der Waals surface area contributed by atoms with Crippen LogP contribution in [-0.4, -0.2) is 47.2 Å². The van der Waals surface area contributed by atoms with Crippen LogP contribution in [0.4, 0.5) is 0 Å². The van der Waals surface area contributed by atoms with Crippen molar-refractivity contribution < 1.29 is 32.2 Å². The van der Waals surface area contributed by atoms with E-state index in [4.69, 9.17) is 19.3 Å². The maximum absolute atomic E-state index is 12.0. The van der Waals surface area contributed by atoms with E-state index in [1.54, 1.807) is 24.3 Å². The zero-order valence-corrected chi connectivity index (χ0v) is 15.9. The highest BCUT2D eigenvalue weighted by molar-refractivity contribution is 7.89. The second kappa shape index (κ2) is 9.72. The fourth-order valence-corrected chi connectivity index (χ4v) is 2.63. The van der Waals surface area contributed by atoms with E-state index in [0.717, 1.165) is 0 Å². The van der Waals surface area contributed by atoms with Crippen molar-refractivity contribution in [2.75, 3.05) is 26.9 Å². The fourth-order valence-electron chi connectivity index (χ4n) is 2.11. The molecule has 0 spiro atoms. The van der Waals surface area contributed by atoms with Gasteiger partial charge in [0.2, 0.25) is 10.0 Å². The second-order valence-corrected chi connectivity index (χ2v) is 7.06. The van der Waals surface area contributed by atoms with Crippen LogP contribution in [-0.2, 0) is 19.6 Å². The van der Waals surface area contributed by atoms with E-state index < -0.39 is 21.9 Å². The second-order valence-electron chi connectivity index (χ2n) is 5.50. The summed E-state index contributed by atoms with van der Waals surface area (Å²) in [5, 5.41) is 7.45. The van der Waals surface area contributed by atoms with Crippen LogP contribution in [0.3, 0.4) is 0 Å². The van der Waals surface area contributed by atoms with Gasteiger partial charge >= 0.3 is 5.97 Å². The molecule has 0 atom stereocenters. The minimum absolute atomic E-state index is 0.0296. The van der Waals surface area contributed by atoms with Crippen molar-refractivity contribution in [3.63, 3.8) is 0 Å². The molecule has 150 valence electrons. The van der Waals surface area contributed by atoms with Crippen molar-refractivity contribution >= 4 is 21.9 Å². The van der Waals surface area contributed by atoms with Gasteiger partial charge < -0.3 is 19.5 Å². The lowest BCUT2D eigenvalue weighted by Crippen LogP contribution is -2.31. The predicted molar refractivity (Wildman–Crippen MR) is 99.6 cm³/mol. The van der Waals surface area contributed by atoms with Crippen LogP contribution >= 0.6 is 0 Å². The zero-order valence-electron chi connectivity index (χ0n) is 15.1. The molecule has 2 aromatic carbocycles. The van der Waals surface area contributed by atoms with E-state index >= 15 is 0 Å². The molecule has 0 saturated heterocycles. The first-order chi connectivity index (χ1) is 13.3. The molecular formula is C18H20N2O7S. The molecule has 2 aromatic rings. The number of ether oxygens (including phenoxy) is 3. The Hall–Kier alpha value is -3.11. The van der Waals surface area contributed by atoms with E-state index in [0.29, 0.717) is 17.1 Å². The third kappa shape index (κ3) is 6.56. The number of sulfonamides is 1. The van der Waals surface area contributed by atoms with Gasteiger partial charge in [0.1, 0.15) is 31.3 Å². The Bertz CT molecular complexity index is 927. The maximum atomic E-state index is 12.0. The molecule has 28 heavy (non-hydrogen) atoms. The van der Waals surface area contributed by atoms with Crippen molar-refractivity contribution in [3.8, 4) is 11.5 Å². The molecule has 0 aliphatic carbocycles. The first-order valence-electron chi connectivity index (χ1n) is 8.13. The van der Waals surface area contributed by atoms with Crippen molar-refractivity contribution in [3.05, 3.63) is 54.1 Å². The zero-order chi connectivity index (χ0) is 20.6. The molecule has 9 nitrogen and oxygen atoms in total. The van der Waals surface area contributed by atoms with Gasteiger partial charge in [-0.1, -0.05) is 6.07 Å². The molecule has 0 fully saturated rings. The lowest BCUT2D eigenvalue weighted by Gasteiger charge is -2.09. The van der Waals surface area contributed by atoms with Gasteiger partial charge in [0.25, 0.3) is 5.91 Å². The van der Waals surface area contributed by atoms with Gasteiger partial charge in [0.05, 0.1) is 12.0 Å². The Labute approximate surface area is 162 Å². The van der Waals surface area contributed by atoms with E-state index in [-0.39, 0.29) is 24.7 Å². The number of hydrogen-bond acceptors (Lipinski definition) is 7. The number of amides is 1. The Morgan fingerprint density at radius 3 is 2.39 bits per heavy atom. The van der Waals surface area contributed by atoms with Crippen molar-refractivity contribution in [1.29, 1.82) is 0 Å². The number of primary sulfonamides is 1. The van der Waals surface area contributed by atoms with Gasteiger partial charge in [0, 0.05) is 5.56 Å². The summed E-state index contributed by atoms with van der Waals surface area (Å²) >= 11 is 0. The molecule has 0 aliphatic heterocycles. The Morgan fingerprint density at radius 1 is 1.04 bits per heavy atom. The third-order valence-electron chi connectivity index (χ3n) is 3.49. The average Bonchev–Trinajstić information content (AvgIpc) is 2.69. The summed E-state index contributed by atoms with van der Waals surface area (Å²) in [7, 11) is -2.27. The maximum Gasteiger partial charge on any atom is 0.325 e. The smallest absolute Gasteiger partial charge is 0.325 e. The summed E-state index contributed by atoms with van der Waals surface area (Å²) in [6, 6.07) is 12.0. The molecule has 2 rings (SSSR count).